The molecular weight excluding hydrogens is 484 g/mol. The van der Waals surface area contributed by atoms with Crippen LogP contribution in [0, 0.1) is 6.92 Å². The second-order valence-electron chi connectivity index (χ2n) is 11.0. The first-order chi connectivity index (χ1) is 18.8. The standard InChI is InChI=1S/C32H28N6O/c1-20-15-26-35-17-25-27(23-9-6-14-34-16-23)28(21-7-4-3-5-8-21)29(36-30(25)38(26)37-20)22-10-12-24(13-11-22)32(33)18-31(2,39)19-32/h3-17,39H,18-19,33H2,1-2H3. The van der Waals surface area contributed by atoms with Crippen molar-refractivity contribution in [2.24, 2.45) is 5.73 Å². The minimum atomic E-state index is -0.715. The van der Waals surface area contributed by atoms with Crippen molar-refractivity contribution in [2.45, 2.75) is 37.8 Å². The third-order valence-electron chi connectivity index (χ3n) is 7.69. The summed E-state index contributed by atoms with van der Waals surface area (Å²) in [6.07, 6.45) is 6.63. The highest BCUT2D eigenvalue weighted by Crippen LogP contribution is 2.47. The first-order valence-corrected chi connectivity index (χ1v) is 13.1. The molecule has 0 saturated heterocycles. The number of pyridine rings is 2. The molecule has 0 radical (unpaired) electrons. The lowest BCUT2D eigenvalue weighted by Gasteiger charge is -2.49. The largest absolute Gasteiger partial charge is 0.390 e. The summed E-state index contributed by atoms with van der Waals surface area (Å²) < 4.78 is 1.82. The van der Waals surface area contributed by atoms with Crippen LogP contribution in [0.5, 0.6) is 0 Å². The zero-order valence-corrected chi connectivity index (χ0v) is 21.8. The number of aryl methyl sites for hydroxylation is 1. The second-order valence-corrected chi connectivity index (χ2v) is 11.0. The van der Waals surface area contributed by atoms with Crippen molar-refractivity contribution in [1.29, 1.82) is 0 Å². The molecule has 7 nitrogen and oxygen atoms in total. The molecule has 1 aliphatic rings. The molecular formula is C32H28N6O. The highest BCUT2D eigenvalue weighted by atomic mass is 16.3. The second kappa shape index (κ2) is 8.53. The number of benzene rings is 2. The summed E-state index contributed by atoms with van der Waals surface area (Å²) in [5, 5.41) is 16.0. The van der Waals surface area contributed by atoms with Crippen molar-refractivity contribution in [2.75, 3.05) is 0 Å². The van der Waals surface area contributed by atoms with Crippen LogP contribution in [0.1, 0.15) is 31.0 Å². The summed E-state index contributed by atoms with van der Waals surface area (Å²) in [6, 6.07) is 24.6. The molecule has 1 aliphatic carbocycles. The molecule has 192 valence electrons. The van der Waals surface area contributed by atoms with Gasteiger partial charge in [0.2, 0.25) is 0 Å². The molecule has 0 atom stereocenters. The lowest BCUT2D eigenvalue weighted by Crippen LogP contribution is -2.58. The molecule has 1 saturated carbocycles. The Hall–Kier alpha value is -4.46. The van der Waals surface area contributed by atoms with Crippen molar-refractivity contribution in [3.63, 3.8) is 0 Å². The quantitative estimate of drug-likeness (QED) is 0.315. The molecule has 4 heterocycles. The van der Waals surface area contributed by atoms with E-state index in [0.29, 0.717) is 12.8 Å². The highest BCUT2D eigenvalue weighted by Gasteiger charge is 2.49. The Morgan fingerprint density at radius 1 is 0.872 bits per heavy atom. The van der Waals surface area contributed by atoms with Gasteiger partial charge >= 0.3 is 0 Å². The van der Waals surface area contributed by atoms with Gasteiger partial charge in [0.15, 0.2) is 11.3 Å². The smallest absolute Gasteiger partial charge is 0.165 e. The van der Waals surface area contributed by atoms with Crippen molar-refractivity contribution < 1.29 is 5.11 Å². The number of hydrogen-bond acceptors (Lipinski definition) is 6. The lowest BCUT2D eigenvalue weighted by atomic mass is 9.63. The monoisotopic (exact) mass is 512 g/mol. The minimum Gasteiger partial charge on any atom is -0.390 e. The summed E-state index contributed by atoms with van der Waals surface area (Å²) in [5.41, 5.74) is 14.6. The molecule has 0 spiro atoms. The third kappa shape index (κ3) is 3.90. The number of nitrogens with zero attached hydrogens (tertiary/aromatic N) is 5. The molecule has 0 bridgehead atoms. The number of nitrogens with two attached hydrogens (primary N) is 1. The maximum atomic E-state index is 10.3. The number of aliphatic hydroxyl groups is 1. The number of aromatic nitrogens is 5. The van der Waals surface area contributed by atoms with Gasteiger partial charge in [-0.05, 0) is 43.9 Å². The van der Waals surface area contributed by atoms with Gasteiger partial charge in [-0.25, -0.2) is 9.97 Å². The third-order valence-corrected chi connectivity index (χ3v) is 7.69. The summed E-state index contributed by atoms with van der Waals surface area (Å²) in [5.74, 6) is 0. The normalized spacial score (nSPS) is 20.8. The van der Waals surface area contributed by atoms with Gasteiger partial charge in [0.1, 0.15) is 0 Å². The summed E-state index contributed by atoms with van der Waals surface area (Å²) in [6.45, 7) is 3.80. The summed E-state index contributed by atoms with van der Waals surface area (Å²) in [7, 11) is 0. The zero-order valence-electron chi connectivity index (χ0n) is 21.8. The van der Waals surface area contributed by atoms with Crippen LogP contribution >= 0.6 is 0 Å². The maximum Gasteiger partial charge on any atom is 0.165 e. The molecule has 3 N–H and O–H groups in total. The molecule has 6 aromatic rings. The molecule has 39 heavy (non-hydrogen) atoms. The van der Waals surface area contributed by atoms with Crippen LogP contribution in [-0.2, 0) is 5.54 Å². The number of rotatable bonds is 4. The van der Waals surface area contributed by atoms with E-state index >= 15 is 0 Å². The van der Waals surface area contributed by atoms with E-state index in [1.807, 2.05) is 61.1 Å². The number of hydrogen-bond donors (Lipinski definition) is 2. The van der Waals surface area contributed by atoms with E-state index in [2.05, 4.69) is 47.4 Å². The fourth-order valence-electron chi connectivity index (χ4n) is 6.11. The predicted octanol–water partition coefficient (Wildman–Crippen LogP) is 5.68. The zero-order chi connectivity index (χ0) is 26.8. The molecule has 7 heteroatoms. The highest BCUT2D eigenvalue weighted by molar-refractivity contribution is 6.06. The van der Waals surface area contributed by atoms with Crippen molar-refractivity contribution >= 4 is 16.7 Å². The first kappa shape index (κ1) is 23.6. The Balaban J connectivity index is 1.54. The Morgan fingerprint density at radius 3 is 2.31 bits per heavy atom. The minimum absolute atomic E-state index is 0.521. The Labute approximate surface area is 226 Å². The van der Waals surface area contributed by atoms with E-state index in [1.165, 1.54) is 0 Å². The van der Waals surface area contributed by atoms with E-state index in [1.54, 1.807) is 6.20 Å². The van der Waals surface area contributed by atoms with Gasteiger partial charge in [-0.3, -0.25) is 4.98 Å². The van der Waals surface area contributed by atoms with Gasteiger partial charge in [-0.2, -0.15) is 9.61 Å². The summed E-state index contributed by atoms with van der Waals surface area (Å²) >= 11 is 0. The molecule has 1 fully saturated rings. The van der Waals surface area contributed by atoms with E-state index in [9.17, 15) is 5.11 Å². The van der Waals surface area contributed by atoms with Gasteiger partial charge in [0.05, 0.1) is 17.0 Å². The van der Waals surface area contributed by atoms with Crippen LogP contribution in [0.4, 0.5) is 0 Å². The Morgan fingerprint density at radius 2 is 1.62 bits per heavy atom. The van der Waals surface area contributed by atoms with Gasteiger partial charge in [-0.15, -0.1) is 0 Å². The Kier molecular flexibility index (Phi) is 5.17. The fourth-order valence-corrected chi connectivity index (χ4v) is 6.11. The maximum absolute atomic E-state index is 10.3. The summed E-state index contributed by atoms with van der Waals surface area (Å²) in [4.78, 5) is 14.4. The first-order valence-electron chi connectivity index (χ1n) is 13.1. The molecule has 0 aliphatic heterocycles. The van der Waals surface area contributed by atoms with Gasteiger partial charge in [0, 0.05) is 57.8 Å². The predicted molar refractivity (Wildman–Crippen MR) is 153 cm³/mol. The Bertz CT molecular complexity index is 1840. The van der Waals surface area contributed by atoms with Crippen molar-refractivity contribution in [3.05, 3.63) is 103 Å². The van der Waals surface area contributed by atoms with Gasteiger partial charge in [-0.1, -0.05) is 60.7 Å². The van der Waals surface area contributed by atoms with Crippen LogP contribution in [-0.4, -0.2) is 35.3 Å². The van der Waals surface area contributed by atoms with E-state index in [-0.39, 0.29) is 0 Å². The van der Waals surface area contributed by atoms with E-state index < -0.39 is 11.1 Å². The fraction of sp³-hybridized carbons (Fsp3) is 0.188. The number of fused-ring (bicyclic) bond motifs is 3. The van der Waals surface area contributed by atoms with Crippen LogP contribution in [0.15, 0.2) is 91.4 Å². The average molecular weight is 513 g/mol. The van der Waals surface area contributed by atoms with Crippen molar-refractivity contribution in [3.8, 4) is 33.5 Å². The van der Waals surface area contributed by atoms with Crippen LogP contribution in [0.2, 0.25) is 0 Å². The van der Waals surface area contributed by atoms with Crippen LogP contribution < -0.4 is 5.73 Å². The molecule has 2 aromatic carbocycles. The lowest BCUT2D eigenvalue weighted by molar-refractivity contribution is -0.0738. The molecule has 7 rings (SSSR count). The molecule has 0 amide bonds. The van der Waals surface area contributed by atoms with Crippen LogP contribution in [0.25, 0.3) is 50.2 Å². The SMILES string of the molecule is Cc1cc2ncc3c(-c4cccnc4)c(-c4ccccc4)c(-c4ccc(C5(N)CC(C)(O)C5)cc4)nc3n2n1. The van der Waals surface area contributed by atoms with Crippen molar-refractivity contribution in [1.82, 2.24) is 24.6 Å². The van der Waals surface area contributed by atoms with Gasteiger partial charge in [0.25, 0.3) is 0 Å². The topological polar surface area (TPSA) is 102 Å². The average Bonchev–Trinajstić information content (AvgIpc) is 3.32. The van der Waals surface area contributed by atoms with E-state index in [0.717, 1.165) is 61.4 Å². The van der Waals surface area contributed by atoms with Crippen LogP contribution in [0.3, 0.4) is 0 Å². The van der Waals surface area contributed by atoms with Gasteiger partial charge < -0.3 is 10.8 Å². The van der Waals surface area contributed by atoms with E-state index in [4.69, 9.17) is 20.8 Å². The molecule has 4 aromatic heterocycles. The molecule has 0 unspecified atom stereocenters.